The van der Waals surface area contributed by atoms with Crippen molar-refractivity contribution in [2.45, 2.75) is 45.6 Å². The van der Waals surface area contributed by atoms with Gasteiger partial charge in [-0.3, -0.25) is 4.79 Å². The maximum absolute atomic E-state index is 12.3. The van der Waals surface area contributed by atoms with Crippen molar-refractivity contribution in [2.75, 3.05) is 13.1 Å². The predicted octanol–water partition coefficient (Wildman–Crippen LogP) is 1.90. The molecule has 0 aromatic heterocycles. The van der Waals surface area contributed by atoms with Crippen LogP contribution in [0.3, 0.4) is 0 Å². The first-order valence-electron chi connectivity index (χ1n) is 7.85. The number of hydrogen-bond acceptors (Lipinski definition) is 2. The van der Waals surface area contributed by atoms with Gasteiger partial charge in [0.25, 0.3) is 0 Å². The highest BCUT2D eigenvalue weighted by molar-refractivity contribution is 5.76. The maximum atomic E-state index is 12.3. The van der Waals surface area contributed by atoms with Gasteiger partial charge in [0.15, 0.2) is 0 Å². The Kier molecular flexibility index (Phi) is 5.41. The van der Waals surface area contributed by atoms with E-state index in [-0.39, 0.29) is 11.9 Å². The number of nitrogens with one attached hydrogen (secondary N) is 1. The molecule has 5 heteroatoms. The number of carbonyl (C=O) groups is 2. The average Bonchev–Trinajstić information content (AvgIpc) is 2.44. The molecule has 1 heterocycles. The molecular formula is C17H25N3O2. The van der Waals surface area contributed by atoms with Crippen LogP contribution in [0.4, 0.5) is 4.79 Å². The van der Waals surface area contributed by atoms with Crippen molar-refractivity contribution in [3.05, 3.63) is 34.9 Å². The lowest BCUT2D eigenvalue weighted by Crippen LogP contribution is -2.47. The molecule has 0 spiro atoms. The lowest BCUT2D eigenvalue weighted by Gasteiger charge is -2.32. The first kappa shape index (κ1) is 16.3. The number of likely N-dealkylation sites (tertiary alicyclic amines) is 1. The highest BCUT2D eigenvalue weighted by Gasteiger charge is 2.22. The lowest BCUT2D eigenvalue weighted by molar-refractivity contribution is -0.132. The number of nitrogens with two attached hydrogens (primary N) is 1. The Morgan fingerprint density at radius 1 is 1.18 bits per heavy atom. The number of benzene rings is 1. The Morgan fingerprint density at radius 2 is 1.77 bits per heavy atom. The molecule has 0 unspecified atom stereocenters. The molecule has 1 aromatic carbocycles. The van der Waals surface area contributed by atoms with E-state index in [4.69, 9.17) is 5.73 Å². The molecule has 1 aliphatic rings. The van der Waals surface area contributed by atoms with Gasteiger partial charge in [0.2, 0.25) is 5.91 Å². The molecule has 1 fully saturated rings. The Balaban J connectivity index is 1.80. The van der Waals surface area contributed by atoms with Crippen LogP contribution in [0.15, 0.2) is 18.2 Å². The van der Waals surface area contributed by atoms with Gasteiger partial charge in [-0.1, -0.05) is 29.3 Å². The minimum atomic E-state index is -0.486. The van der Waals surface area contributed by atoms with Crippen molar-refractivity contribution < 1.29 is 9.59 Å². The predicted molar refractivity (Wildman–Crippen MR) is 86.6 cm³/mol. The Bertz CT molecular complexity index is 529. The zero-order chi connectivity index (χ0) is 16.1. The first-order valence-corrected chi connectivity index (χ1v) is 7.85. The van der Waals surface area contributed by atoms with Crippen LogP contribution in [0.1, 0.15) is 36.0 Å². The van der Waals surface area contributed by atoms with Gasteiger partial charge in [0.1, 0.15) is 0 Å². The van der Waals surface area contributed by atoms with Gasteiger partial charge in [-0.2, -0.15) is 0 Å². The zero-order valence-electron chi connectivity index (χ0n) is 13.4. The van der Waals surface area contributed by atoms with Gasteiger partial charge in [0, 0.05) is 25.6 Å². The topological polar surface area (TPSA) is 75.4 Å². The minimum absolute atomic E-state index is 0.0981. The van der Waals surface area contributed by atoms with Crippen LogP contribution in [0.25, 0.3) is 0 Å². The average molecular weight is 303 g/mol. The number of urea groups is 1. The molecule has 1 saturated heterocycles. The number of amides is 3. The summed E-state index contributed by atoms with van der Waals surface area (Å²) in [5, 5.41) is 2.71. The number of hydrogen-bond donors (Lipinski definition) is 2. The quantitative estimate of drug-likeness (QED) is 0.891. The molecule has 120 valence electrons. The summed E-state index contributed by atoms with van der Waals surface area (Å²) >= 11 is 0. The summed E-state index contributed by atoms with van der Waals surface area (Å²) in [6, 6.07) is 6.04. The van der Waals surface area contributed by atoms with Gasteiger partial charge in [0.05, 0.1) is 0 Å². The third-order valence-electron chi connectivity index (χ3n) is 4.10. The number of piperidine rings is 1. The van der Waals surface area contributed by atoms with Crippen molar-refractivity contribution in [1.29, 1.82) is 0 Å². The summed E-state index contributed by atoms with van der Waals surface area (Å²) in [7, 11) is 0. The zero-order valence-corrected chi connectivity index (χ0v) is 13.4. The smallest absolute Gasteiger partial charge is 0.312 e. The Hall–Kier alpha value is -2.04. The molecule has 0 aliphatic carbocycles. The minimum Gasteiger partial charge on any atom is -0.352 e. The lowest BCUT2D eigenvalue weighted by atomic mass is 10.0. The standard InChI is InChI=1S/C17H25N3O2/c1-12-9-13(2)11-14(10-12)3-4-16(21)20-7-5-15(6-8-20)19-17(18)22/h9-11,15H,3-8H2,1-2H3,(H3,18,19,22). The second kappa shape index (κ2) is 7.29. The van der Waals surface area contributed by atoms with Crippen LogP contribution in [0.5, 0.6) is 0 Å². The molecule has 2 rings (SSSR count). The van der Waals surface area contributed by atoms with Crippen molar-refractivity contribution in [2.24, 2.45) is 5.73 Å². The molecule has 3 amide bonds. The summed E-state index contributed by atoms with van der Waals surface area (Å²) in [5.74, 6) is 0.191. The van der Waals surface area contributed by atoms with Crippen LogP contribution in [-0.2, 0) is 11.2 Å². The van der Waals surface area contributed by atoms with Gasteiger partial charge in [-0.25, -0.2) is 4.79 Å². The van der Waals surface area contributed by atoms with Gasteiger partial charge in [-0.15, -0.1) is 0 Å². The van der Waals surface area contributed by atoms with Crippen LogP contribution >= 0.6 is 0 Å². The van der Waals surface area contributed by atoms with E-state index in [1.807, 2.05) is 4.90 Å². The van der Waals surface area contributed by atoms with Gasteiger partial charge >= 0.3 is 6.03 Å². The molecular weight excluding hydrogens is 278 g/mol. The second-order valence-corrected chi connectivity index (χ2v) is 6.16. The number of nitrogens with zero attached hydrogens (tertiary/aromatic N) is 1. The summed E-state index contributed by atoms with van der Waals surface area (Å²) < 4.78 is 0. The first-order chi connectivity index (χ1) is 10.4. The van der Waals surface area contributed by atoms with Crippen molar-refractivity contribution in [3.8, 4) is 0 Å². The van der Waals surface area contributed by atoms with Crippen molar-refractivity contribution >= 4 is 11.9 Å². The number of rotatable bonds is 4. The van der Waals surface area contributed by atoms with E-state index in [1.54, 1.807) is 0 Å². The van der Waals surface area contributed by atoms with E-state index in [0.29, 0.717) is 19.5 Å². The molecule has 1 aliphatic heterocycles. The monoisotopic (exact) mass is 303 g/mol. The normalized spacial score (nSPS) is 15.6. The van der Waals surface area contributed by atoms with E-state index < -0.39 is 6.03 Å². The molecule has 0 atom stereocenters. The highest BCUT2D eigenvalue weighted by atomic mass is 16.2. The SMILES string of the molecule is Cc1cc(C)cc(CCC(=O)N2CCC(NC(N)=O)CC2)c1. The maximum Gasteiger partial charge on any atom is 0.312 e. The highest BCUT2D eigenvalue weighted by Crippen LogP contribution is 2.14. The number of carbonyl (C=O) groups excluding carboxylic acids is 2. The number of aryl methyl sites for hydroxylation is 3. The summed E-state index contributed by atoms with van der Waals surface area (Å²) in [4.78, 5) is 25.0. The van der Waals surface area contributed by atoms with Crippen LogP contribution in [0.2, 0.25) is 0 Å². The second-order valence-electron chi connectivity index (χ2n) is 6.16. The third kappa shape index (κ3) is 4.76. The molecule has 3 N–H and O–H groups in total. The van der Waals surface area contributed by atoms with Crippen LogP contribution in [0, 0.1) is 13.8 Å². The molecule has 5 nitrogen and oxygen atoms in total. The fraction of sp³-hybridized carbons (Fsp3) is 0.529. The molecule has 1 aromatic rings. The van der Waals surface area contributed by atoms with Crippen LogP contribution < -0.4 is 11.1 Å². The van der Waals surface area contributed by atoms with E-state index in [1.165, 1.54) is 16.7 Å². The van der Waals surface area contributed by atoms with E-state index in [2.05, 4.69) is 37.4 Å². The van der Waals surface area contributed by atoms with Gasteiger partial charge < -0.3 is 16.0 Å². The summed E-state index contributed by atoms with van der Waals surface area (Å²) in [6.07, 6.45) is 2.87. The summed E-state index contributed by atoms with van der Waals surface area (Å²) in [5.41, 5.74) is 8.82. The van der Waals surface area contributed by atoms with Crippen molar-refractivity contribution in [3.63, 3.8) is 0 Å². The fourth-order valence-corrected chi connectivity index (χ4v) is 3.10. The Morgan fingerprint density at radius 3 is 2.32 bits per heavy atom. The molecule has 0 radical (unpaired) electrons. The van der Waals surface area contributed by atoms with E-state index in [9.17, 15) is 9.59 Å². The van der Waals surface area contributed by atoms with E-state index in [0.717, 1.165) is 19.3 Å². The van der Waals surface area contributed by atoms with Gasteiger partial charge in [-0.05, 0) is 38.7 Å². The molecule has 22 heavy (non-hydrogen) atoms. The van der Waals surface area contributed by atoms with Crippen molar-refractivity contribution in [1.82, 2.24) is 10.2 Å². The third-order valence-corrected chi connectivity index (χ3v) is 4.10. The fourth-order valence-electron chi connectivity index (χ4n) is 3.10. The summed E-state index contributed by atoms with van der Waals surface area (Å²) in [6.45, 7) is 5.54. The number of primary amides is 1. The largest absolute Gasteiger partial charge is 0.352 e. The van der Waals surface area contributed by atoms with E-state index >= 15 is 0 Å². The molecule has 0 bridgehead atoms. The molecule has 0 saturated carbocycles. The Labute approximate surface area is 131 Å². The van der Waals surface area contributed by atoms with Crippen LogP contribution in [-0.4, -0.2) is 36.0 Å².